The smallest absolute Gasteiger partial charge is 0.407 e. The molecule has 1 aliphatic rings. The van der Waals surface area contributed by atoms with Gasteiger partial charge >= 0.3 is 6.09 Å². The van der Waals surface area contributed by atoms with Crippen LogP contribution in [0.2, 0.25) is 0 Å². The third-order valence-corrected chi connectivity index (χ3v) is 4.25. The molecule has 0 radical (unpaired) electrons. The van der Waals surface area contributed by atoms with Crippen molar-refractivity contribution in [2.24, 2.45) is 10.9 Å². The molecule has 1 amide bonds. The number of aliphatic imine (C=N–C) groups is 1. The summed E-state index contributed by atoms with van der Waals surface area (Å²) in [6.07, 6.45) is 6.47. The van der Waals surface area contributed by atoms with E-state index in [-0.39, 0.29) is 36.1 Å². The minimum Gasteiger partial charge on any atom is -0.450 e. The van der Waals surface area contributed by atoms with Gasteiger partial charge in [0, 0.05) is 20.1 Å². The first-order valence-corrected chi connectivity index (χ1v) is 9.47. The number of halogens is 1. The van der Waals surface area contributed by atoms with Gasteiger partial charge in [-0.3, -0.25) is 4.99 Å². The van der Waals surface area contributed by atoms with Gasteiger partial charge in [0.15, 0.2) is 5.96 Å². The Kier molecular flexibility index (Phi) is 13.8. The highest BCUT2D eigenvalue weighted by atomic mass is 127. The molecule has 1 fully saturated rings. The third kappa shape index (κ3) is 10.9. The minimum atomic E-state index is -0.332. The zero-order valence-electron chi connectivity index (χ0n) is 14.4. The second kappa shape index (κ2) is 14.0. The average Bonchev–Trinajstić information content (AvgIpc) is 3.33. The van der Waals surface area contributed by atoms with Crippen molar-refractivity contribution in [3.8, 4) is 0 Å². The summed E-state index contributed by atoms with van der Waals surface area (Å²) in [5.74, 6) is 2.54. The minimum absolute atomic E-state index is 0. The van der Waals surface area contributed by atoms with Crippen LogP contribution >= 0.6 is 35.7 Å². The fraction of sp³-hybridized carbons (Fsp3) is 0.867. The zero-order valence-corrected chi connectivity index (χ0v) is 17.5. The average molecular weight is 458 g/mol. The summed E-state index contributed by atoms with van der Waals surface area (Å²) < 4.78 is 4.96. The van der Waals surface area contributed by atoms with Crippen molar-refractivity contribution in [3.05, 3.63) is 0 Å². The van der Waals surface area contributed by atoms with E-state index in [0.717, 1.165) is 18.9 Å². The molecule has 0 heterocycles. The van der Waals surface area contributed by atoms with Crippen molar-refractivity contribution < 1.29 is 9.53 Å². The van der Waals surface area contributed by atoms with E-state index in [1.54, 1.807) is 7.05 Å². The van der Waals surface area contributed by atoms with Gasteiger partial charge in [0.25, 0.3) is 0 Å². The molecule has 0 aromatic rings. The fourth-order valence-corrected chi connectivity index (χ4v) is 2.66. The lowest BCUT2D eigenvalue weighted by atomic mass is 10.2. The number of nitrogens with one attached hydrogen (secondary N) is 3. The van der Waals surface area contributed by atoms with Crippen molar-refractivity contribution in [3.63, 3.8) is 0 Å². The number of guanidine groups is 1. The van der Waals surface area contributed by atoms with Crippen LogP contribution in [0.15, 0.2) is 4.99 Å². The van der Waals surface area contributed by atoms with Crippen molar-refractivity contribution >= 4 is 47.8 Å². The predicted molar refractivity (Wildman–Crippen MR) is 109 cm³/mol. The molecule has 0 saturated heterocycles. The number of unbranched alkanes of at least 4 members (excludes halogenated alkanes) is 1. The number of rotatable bonds is 10. The molecule has 0 aliphatic heterocycles. The summed E-state index contributed by atoms with van der Waals surface area (Å²) in [4.78, 5) is 15.8. The van der Waals surface area contributed by atoms with E-state index in [4.69, 9.17) is 4.74 Å². The summed E-state index contributed by atoms with van der Waals surface area (Å²) in [5.41, 5.74) is 0. The summed E-state index contributed by atoms with van der Waals surface area (Å²) in [7, 11) is 1.77. The van der Waals surface area contributed by atoms with Crippen LogP contribution in [-0.4, -0.2) is 56.8 Å². The number of alkyl carbamates (subject to hydrolysis) is 1. The van der Waals surface area contributed by atoms with Crippen LogP contribution < -0.4 is 16.0 Å². The van der Waals surface area contributed by atoms with Gasteiger partial charge < -0.3 is 20.7 Å². The maximum atomic E-state index is 11.6. The number of ether oxygens (including phenoxy) is 1. The maximum Gasteiger partial charge on any atom is 0.407 e. The van der Waals surface area contributed by atoms with Crippen LogP contribution in [0.4, 0.5) is 4.79 Å². The van der Waals surface area contributed by atoms with Crippen molar-refractivity contribution in [2.45, 2.75) is 38.6 Å². The summed E-state index contributed by atoms with van der Waals surface area (Å²) >= 11 is 1.87. The Morgan fingerprint density at radius 1 is 1.35 bits per heavy atom. The number of carbonyl (C=O) groups excluding carboxylic acids is 1. The van der Waals surface area contributed by atoms with Crippen LogP contribution in [-0.2, 0) is 4.74 Å². The Bertz CT molecular complexity index is 354. The van der Waals surface area contributed by atoms with Gasteiger partial charge in [-0.15, -0.1) is 24.0 Å². The van der Waals surface area contributed by atoms with Crippen LogP contribution in [0.1, 0.15) is 32.6 Å². The summed E-state index contributed by atoms with van der Waals surface area (Å²) in [5, 5.41) is 9.53. The lowest BCUT2D eigenvalue weighted by Gasteiger charge is -2.20. The number of hydrogen-bond acceptors (Lipinski definition) is 4. The van der Waals surface area contributed by atoms with Crippen molar-refractivity contribution in [2.75, 3.05) is 38.8 Å². The molecule has 1 rings (SSSR count). The first-order valence-electron chi connectivity index (χ1n) is 8.08. The van der Waals surface area contributed by atoms with E-state index in [1.807, 2.05) is 18.7 Å². The first kappa shape index (κ1) is 22.6. The summed E-state index contributed by atoms with van der Waals surface area (Å²) in [6, 6.07) is 0.106. The highest BCUT2D eigenvalue weighted by Crippen LogP contribution is 2.32. The number of hydrogen-bond donors (Lipinski definition) is 3. The number of thioether (sulfide) groups is 1. The van der Waals surface area contributed by atoms with E-state index in [0.29, 0.717) is 19.1 Å². The molecular formula is C15H31IN4O2S. The molecule has 1 saturated carbocycles. The molecule has 0 aromatic heterocycles. The van der Waals surface area contributed by atoms with Gasteiger partial charge in [-0.1, -0.05) is 0 Å². The maximum absolute atomic E-state index is 11.6. The molecule has 136 valence electrons. The van der Waals surface area contributed by atoms with E-state index >= 15 is 0 Å². The molecule has 1 aliphatic carbocycles. The molecular weight excluding hydrogens is 427 g/mol. The molecule has 6 nitrogen and oxygen atoms in total. The Labute approximate surface area is 161 Å². The quantitative estimate of drug-likeness (QED) is 0.203. The van der Waals surface area contributed by atoms with Gasteiger partial charge in [0.1, 0.15) is 0 Å². The monoisotopic (exact) mass is 458 g/mol. The standard InChI is InChI=1S/C15H30N4O2S.HI/c1-4-21-15(20)19-13(12-7-8-12)11-18-14(16-2)17-9-5-6-10-22-3;/h12-13H,4-11H2,1-3H3,(H,19,20)(H2,16,17,18);1H. The van der Waals surface area contributed by atoms with Gasteiger partial charge in [-0.2, -0.15) is 11.8 Å². The lowest BCUT2D eigenvalue weighted by Crippen LogP contribution is -2.48. The molecule has 0 aromatic carbocycles. The van der Waals surface area contributed by atoms with Crippen LogP contribution in [0.5, 0.6) is 0 Å². The van der Waals surface area contributed by atoms with E-state index in [2.05, 4.69) is 27.2 Å². The molecule has 0 bridgehead atoms. The van der Waals surface area contributed by atoms with E-state index < -0.39 is 0 Å². The molecule has 3 N–H and O–H groups in total. The van der Waals surface area contributed by atoms with Gasteiger partial charge in [0.05, 0.1) is 12.6 Å². The fourth-order valence-electron chi connectivity index (χ4n) is 2.16. The number of nitrogens with zero attached hydrogens (tertiary/aromatic N) is 1. The molecule has 23 heavy (non-hydrogen) atoms. The van der Waals surface area contributed by atoms with E-state index in [1.165, 1.54) is 25.0 Å². The Morgan fingerprint density at radius 2 is 2.09 bits per heavy atom. The highest BCUT2D eigenvalue weighted by Gasteiger charge is 2.32. The highest BCUT2D eigenvalue weighted by molar-refractivity contribution is 14.0. The Morgan fingerprint density at radius 3 is 2.65 bits per heavy atom. The predicted octanol–water partition coefficient (Wildman–Crippen LogP) is 2.44. The van der Waals surface area contributed by atoms with Crippen LogP contribution in [0.3, 0.4) is 0 Å². The Hall–Kier alpha value is -0.380. The third-order valence-electron chi connectivity index (χ3n) is 3.55. The van der Waals surface area contributed by atoms with Crippen molar-refractivity contribution in [1.82, 2.24) is 16.0 Å². The number of carbonyl (C=O) groups is 1. The second-order valence-corrected chi connectivity index (χ2v) is 6.37. The Balaban J connectivity index is 0.00000484. The molecule has 1 atom stereocenters. The summed E-state index contributed by atoms with van der Waals surface area (Å²) in [6.45, 7) is 3.80. The van der Waals surface area contributed by atoms with Crippen molar-refractivity contribution in [1.29, 1.82) is 0 Å². The normalized spacial score (nSPS) is 15.3. The number of amides is 1. The zero-order chi connectivity index (χ0) is 16.2. The molecule has 8 heteroatoms. The van der Waals surface area contributed by atoms with E-state index in [9.17, 15) is 4.79 Å². The molecule has 0 spiro atoms. The van der Waals surface area contributed by atoms with Gasteiger partial charge in [0.2, 0.25) is 0 Å². The van der Waals surface area contributed by atoms with Crippen LogP contribution in [0, 0.1) is 5.92 Å². The lowest BCUT2D eigenvalue weighted by molar-refractivity contribution is 0.146. The topological polar surface area (TPSA) is 74.8 Å². The molecule has 1 unspecified atom stereocenters. The largest absolute Gasteiger partial charge is 0.450 e. The SMILES string of the molecule is CCOC(=O)NC(CNC(=NC)NCCCCSC)C1CC1.I. The van der Waals surface area contributed by atoms with Gasteiger partial charge in [-0.05, 0) is 50.5 Å². The first-order chi connectivity index (χ1) is 10.7. The van der Waals surface area contributed by atoms with Crippen LogP contribution in [0.25, 0.3) is 0 Å². The van der Waals surface area contributed by atoms with Gasteiger partial charge in [-0.25, -0.2) is 4.79 Å². The second-order valence-electron chi connectivity index (χ2n) is 5.39.